The summed E-state index contributed by atoms with van der Waals surface area (Å²) in [5.74, 6) is 0.0376. The number of hydrogen-bond donors (Lipinski definition) is 0. The van der Waals surface area contributed by atoms with E-state index in [0.29, 0.717) is 17.0 Å². The fourth-order valence-electron chi connectivity index (χ4n) is 1.64. The van der Waals surface area contributed by atoms with Gasteiger partial charge in [0.2, 0.25) is 0 Å². The van der Waals surface area contributed by atoms with Crippen molar-refractivity contribution in [2.45, 2.75) is 0 Å². The number of nitrogens with zero attached hydrogens (tertiary/aromatic N) is 3. The van der Waals surface area contributed by atoms with Crippen LogP contribution in [0.15, 0.2) is 48.9 Å². The number of ether oxygens (including phenoxy) is 1. The number of carbonyl (C=O) groups excluding carboxylic acids is 1. The zero-order valence-electron chi connectivity index (χ0n) is 9.65. The fourth-order valence-corrected chi connectivity index (χ4v) is 2.00. The van der Waals surface area contributed by atoms with E-state index in [9.17, 15) is 4.79 Å². The summed E-state index contributed by atoms with van der Waals surface area (Å²) in [4.78, 5) is 16.2. The number of aromatic nitrogens is 3. The van der Waals surface area contributed by atoms with E-state index in [-0.39, 0.29) is 0 Å². The predicted octanol–water partition coefficient (Wildman–Crippen LogP) is 2.55. The van der Waals surface area contributed by atoms with Gasteiger partial charge in [-0.1, -0.05) is 0 Å². The van der Waals surface area contributed by atoms with Crippen molar-refractivity contribution in [3.63, 3.8) is 0 Å². The van der Waals surface area contributed by atoms with Gasteiger partial charge in [-0.05, 0) is 52.9 Å². The lowest BCUT2D eigenvalue weighted by Gasteiger charge is -2.02. The quantitative estimate of drug-likeness (QED) is 0.398. The topological polar surface area (TPSA) is 56.5 Å². The number of benzene rings is 1. The lowest BCUT2D eigenvalue weighted by atomic mass is 10.3. The van der Waals surface area contributed by atoms with Crippen molar-refractivity contribution >= 4 is 34.2 Å². The zero-order valence-corrected chi connectivity index (χ0v) is 11.8. The average Bonchev–Trinajstić information content (AvgIpc) is 2.85. The highest BCUT2D eigenvalue weighted by Crippen LogP contribution is 2.16. The van der Waals surface area contributed by atoms with Crippen molar-refractivity contribution in [3.8, 4) is 5.75 Å². The number of halogens is 1. The minimum Gasteiger partial charge on any atom is -0.423 e. The van der Waals surface area contributed by atoms with E-state index < -0.39 is 5.97 Å². The largest absolute Gasteiger partial charge is 0.423 e. The third kappa shape index (κ3) is 2.43. The first-order valence-corrected chi connectivity index (χ1v) is 6.58. The summed E-state index contributed by atoms with van der Waals surface area (Å²) < 4.78 is 7.90. The van der Waals surface area contributed by atoms with Crippen molar-refractivity contribution in [3.05, 3.63) is 58.1 Å². The van der Waals surface area contributed by atoms with Gasteiger partial charge in [-0.15, -0.1) is 0 Å². The Morgan fingerprint density at radius 3 is 2.84 bits per heavy atom. The van der Waals surface area contributed by atoms with Crippen LogP contribution in [-0.2, 0) is 0 Å². The van der Waals surface area contributed by atoms with Gasteiger partial charge in [-0.25, -0.2) is 14.3 Å². The summed E-state index contributed by atoms with van der Waals surface area (Å²) in [5.41, 5.74) is 0.831. The molecule has 0 unspecified atom stereocenters. The molecule has 0 amide bonds. The maximum atomic E-state index is 12.1. The second-order valence-corrected chi connectivity index (χ2v) is 5.04. The van der Waals surface area contributed by atoms with Gasteiger partial charge in [-0.2, -0.15) is 5.10 Å². The van der Waals surface area contributed by atoms with E-state index >= 15 is 0 Å². The minimum absolute atomic E-state index is 0.346. The standard InChI is InChI=1S/C13H8IN3O2/c14-9-2-4-10(5-3-9)19-13(18)11-8-16-17-7-1-6-15-12(11)17/h1-8H. The lowest BCUT2D eigenvalue weighted by molar-refractivity contribution is 0.0736. The highest BCUT2D eigenvalue weighted by Gasteiger charge is 2.15. The molecule has 0 spiro atoms. The molecular weight excluding hydrogens is 357 g/mol. The Hall–Kier alpha value is -1.96. The third-order valence-electron chi connectivity index (χ3n) is 2.52. The molecule has 0 aliphatic rings. The molecule has 3 aromatic rings. The first-order chi connectivity index (χ1) is 9.24. The van der Waals surface area contributed by atoms with Crippen LogP contribution in [0, 0.1) is 3.57 Å². The van der Waals surface area contributed by atoms with Crippen LogP contribution < -0.4 is 4.74 Å². The van der Waals surface area contributed by atoms with Gasteiger partial charge in [-0.3, -0.25) is 0 Å². The maximum absolute atomic E-state index is 12.1. The molecule has 0 atom stereocenters. The summed E-state index contributed by atoms with van der Waals surface area (Å²) in [6, 6.07) is 8.99. The van der Waals surface area contributed by atoms with E-state index in [1.165, 1.54) is 10.7 Å². The SMILES string of the molecule is O=C(Oc1ccc(I)cc1)c1cnn2cccnc12. The van der Waals surface area contributed by atoms with Crippen LogP contribution in [0.3, 0.4) is 0 Å². The second-order valence-electron chi connectivity index (χ2n) is 3.79. The molecule has 2 heterocycles. The van der Waals surface area contributed by atoms with Crippen molar-refractivity contribution in [1.29, 1.82) is 0 Å². The molecule has 0 aliphatic carbocycles. The Bertz CT molecular complexity index is 737. The van der Waals surface area contributed by atoms with Crippen LogP contribution in [0.25, 0.3) is 5.65 Å². The van der Waals surface area contributed by atoms with Gasteiger partial charge in [0.15, 0.2) is 5.65 Å². The molecule has 0 N–H and O–H groups in total. The normalized spacial score (nSPS) is 10.6. The van der Waals surface area contributed by atoms with Gasteiger partial charge < -0.3 is 4.74 Å². The van der Waals surface area contributed by atoms with E-state index in [1.54, 1.807) is 30.6 Å². The molecule has 0 saturated heterocycles. The smallest absolute Gasteiger partial charge is 0.349 e. The second kappa shape index (κ2) is 4.96. The van der Waals surface area contributed by atoms with Crippen LogP contribution in [0.1, 0.15) is 10.4 Å². The van der Waals surface area contributed by atoms with Gasteiger partial charge in [0, 0.05) is 16.0 Å². The van der Waals surface area contributed by atoms with Crippen LogP contribution >= 0.6 is 22.6 Å². The molecule has 0 saturated carbocycles. The molecule has 0 fully saturated rings. The number of carbonyl (C=O) groups is 1. The van der Waals surface area contributed by atoms with Crippen LogP contribution in [-0.4, -0.2) is 20.6 Å². The molecule has 94 valence electrons. The molecule has 19 heavy (non-hydrogen) atoms. The molecule has 0 aliphatic heterocycles. The van der Waals surface area contributed by atoms with E-state index in [1.807, 2.05) is 12.1 Å². The molecule has 0 bridgehead atoms. The molecular formula is C13H8IN3O2. The molecule has 5 nitrogen and oxygen atoms in total. The predicted molar refractivity (Wildman–Crippen MR) is 77.1 cm³/mol. The first kappa shape index (κ1) is 12.1. The molecule has 2 aromatic heterocycles. The van der Waals surface area contributed by atoms with Gasteiger partial charge in [0.05, 0.1) is 6.20 Å². The van der Waals surface area contributed by atoms with Crippen LogP contribution in [0.2, 0.25) is 0 Å². The highest BCUT2D eigenvalue weighted by atomic mass is 127. The number of fused-ring (bicyclic) bond motifs is 1. The lowest BCUT2D eigenvalue weighted by Crippen LogP contribution is -2.08. The maximum Gasteiger partial charge on any atom is 0.349 e. The Morgan fingerprint density at radius 2 is 2.05 bits per heavy atom. The number of hydrogen-bond acceptors (Lipinski definition) is 4. The third-order valence-corrected chi connectivity index (χ3v) is 3.24. The monoisotopic (exact) mass is 365 g/mol. The Morgan fingerprint density at radius 1 is 1.26 bits per heavy atom. The van der Waals surface area contributed by atoms with Gasteiger partial charge >= 0.3 is 5.97 Å². The molecule has 0 radical (unpaired) electrons. The number of rotatable bonds is 2. The Balaban J connectivity index is 1.90. The summed E-state index contributed by atoms with van der Waals surface area (Å²) in [7, 11) is 0. The zero-order chi connectivity index (χ0) is 13.2. The molecule has 6 heteroatoms. The summed E-state index contributed by atoms with van der Waals surface area (Å²) in [5, 5.41) is 4.05. The summed E-state index contributed by atoms with van der Waals surface area (Å²) in [6.07, 6.45) is 4.79. The van der Waals surface area contributed by atoms with E-state index in [4.69, 9.17) is 4.74 Å². The molecule has 3 rings (SSSR count). The van der Waals surface area contributed by atoms with Gasteiger partial charge in [0.25, 0.3) is 0 Å². The van der Waals surface area contributed by atoms with Crippen molar-refractivity contribution in [2.75, 3.05) is 0 Å². The summed E-state index contributed by atoms with van der Waals surface area (Å²) in [6.45, 7) is 0. The van der Waals surface area contributed by atoms with Crippen molar-refractivity contribution < 1.29 is 9.53 Å². The fraction of sp³-hybridized carbons (Fsp3) is 0. The first-order valence-electron chi connectivity index (χ1n) is 5.50. The van der Waals surface area contributed by atoms with E-state index in [0.717, 1.165) is 3.57 Å². The number of esters is 1. The van der Waals surface area contributed by atoms with Crippen LogP contribution in [0.5, 0.6) is 5.75 Å². The average molecular weight is 365 g/mol. The highest BCUT2D eigenvalue weighted by molar-refractivity contribution is 14.1. The van der Waals surface area contributed by atoms with Crippen LogP contribution in [0.4, 0.5) is 0 Å². The van der Waals surface area contributed by atoms with Crippen molar-refractivity contribution in [1.82, 2.24) is 14.6 Å². The Labute approximate surface area is 122 Å². The molecule has 1 aromatic carbocycles. The Kier molecular flexibility index (Phi) is 3.16. The minimum atomic E-state index is -0.463. The van der Waals surface area contributed by atoms with Gasteiger partial charge in [0.1, 0.15) is 11.3 Å². The van der Waals surface area contributed by atoms with Crippen molar-refractivity contribution in [2.24, 2.45) is 0 Å². The van der Waals surface area contributed by atoms with E-state index in [2.05, 4.69) is 32.7 Å². The summed E-state index contributed by atoms with van der Waals surface area (Å²) >= 11 is 2.19.